The van der Waals surface area contributed by atoms with E-state index in [0.29, 0.717) is 31.5 Å². The molecule has 1 aromatic heterocycles. The monoisotopic (exact) mass is 356 g/mol. The van der Waals surface area contributed by atoms with E-state index in [1.165, 1.54) is 0 Å². The van der Waals surface area contributed by atoms with Gasteiger partial charge in [-0.15, -0.1) is 0 Å². The van der Waals surface area contributed by atoms with Crippen LogP contribution in [0.3, 0.4) is 0 Å². The van der Waals surface area contributed by atoms with Crippen LogP contribution < -0.4 is 24.8 Å². The fraction of sp³-hybridized carbons (Fsp3) is 0.368. The molecule has 1 aliphatic rings. The number of ether oxygens (including phenoxy) is 3. The van der Waals surface area contributed by atoms with Crippen LogP contribution in [-0.2, 0) is 6.54 Å². The van der Waals surface area contributed by atoms with E-state index in [4.69, 9.17) is 14.2 Å². The Morgan fingerprint density at radius 2 is 2.08 bits per heavy atom. The van der Waals surface area contributed by atoms with Crippen molar-refractivity contribution in [2.45, 2.75) is 19.6 Å². The Balaban J connectivity index is 1.58. The van der Waals surface area contributed by atoms with Crippen LogP contribution in [0.1, 0.15) is 12.5 Å². The smallest absolute Gasteiger partial charge is 0.218 e. The predicted molar refractivity (Wildman–Crippen MR) is 100.0 cm³/mol. The fourth-order valence-corrected chi connectivity index (χ4v) is 2.61. The Morgan fingerprint density at radius 3 is 2.88 bits per heavy atom. The summed E-state index contributed by atoms with van der Waals surface area (Å²) in [5, 5.41) is 6.53. The molecule has 0 aliphatic carbocycles. The van der Waals surface area contributed by atoms with Crippen LogP contribution in [0.2, 0.25) is 0 Å². The van der Waals surface area contributed by atoms with Crippen molar-refractivity contribution < 1.29 is 14.2 Å². The summed E-state index contributed by atoms with van der Waals surface area (Å²) in [4.78, 5) is 8.79. The number of aromatic nitrogens is 1. The van der Waals surface area contributed by atoms with Gasteiger partial charge in [-0.3, -0.25) is 0 Å². The number of para-hydroxylation sites is 2. The molecule has 7 heteroatoms. The van der Waals surface area contributed by atoms with E-state index in [9.17, 15) is 0 Å². The summed E-state index contributed by atoms with van der Waals surface area (Å²) < 4.78 is 17.0. The number of nitrogens with one attached hydrogen (secondary N) is 2. The van der Waals surface area contributed by atoms with E-state index in [1.54, 1.807) is 13.3 Å². The van der Waals surface area contributed by atoms with E-state index in [2.05, 4.69) is 20.6 Å². The molecule has 138 valence electrons. The van der Waals surface area contributed by atoms with Crippen LogP contribution >= 0.6 is 0 Å². The second-order valence-corrected chi connectivity index (χ2v) is 5.75. The van der Waals surface area contributed by atoms with Gasteiger partial charge in [-0.05, 0) is 25.1 Å². The molecule has 0 saturated heterocycles. The molecule has 0 spiro atoms. The molecular formula is C19H24N4O3. The number of hydrogen-bond acceptors (Lipinski definition) is 5. The van der Waals surface area contributed by atoms with E-state index < -0.39 is 0 Å². The number of aliphatic imine (C=N–C) groups is 1. The van der Waals surface area contributed by atoms with Crippen LogP contribution in [0.4, 0.5) is 0 Å². The van der Waals surface area contributed by atoms with E-state index in [-0.39, 0.29) is 6.10 Å². The zero-order chi connectivity index (χ0) is 18.2. The van der Waals surface area contributed by atoms with Gasteiger partial charge in [0.25, 0.3) is 0 Å². The first-order valence-corrected chi connectivity index (χ1v) is 8.68. The third-order valence-electron chi connectivity index (χ3n) is 3.86. The predicted octanol–water partition coefficient (Wildman–Crippen LogP) is 1.99. The number of hydrogen-bond donors (Lipinski definition) is 2. The summed E-state index contributed by atoms with van der Waals surface area (Å²) in [5.74, 6) is 2.86. The molecule has 26 heavy (non-hydrogen) atoms. The van der Waals surface area contributed by atoms with Gasteiger partial charge < -0.3 is 24.8 Å². The Bertz CT molecular complexity index is 751. The molecule has 7 nitrogen and oxygen atoms in total. The first-order valence-electron chi connectivity index (χ1n) is 8.68. The highest BCUT2D eigenvalue weighted by molar-refractivity contribution is 5.79. The number of nitrogens with zero attached hydrogens (tertiary/aromatic N) is 2. The first kappa shape index (κ1) is 17.8. The van der Waals surface area contributed by atoms with E-state index in [1.807, 2.05) is 43.3 Å². The van der Waals surface area contributed by atoms with Crippen molar-refractivity contribution >= 4 is 5.96 Å². The molecule has 1 atom stereocenters. The molecule has 2 N–H and O–H groups in total. The van der Waals surface area contributed by atoms with Crippen LogP contribution in [0.25, 0.3) is 0 Å². The van der Waals surface area contributed by atoms with Crippen molar-refractivity contribution in [1.29, 1.82) is 0 Å². The lowest BCUT2D eigenvalue weighted by Crippen LogP contribution is -2.45. The zero-order valence-electron chi connectivity index (χ0n) is 15.1. The Morgan fingerprint density at radius 1 is 1.23 bits per heavy atom. The summed E-state index contributed by atoms with van der Waals surface area (Å²) in [5.41, 5.74) is 0.929. The minimum atomic E-state index is -0.0818. The minimum Gasteiger partial charge on any atom is -0.486 e. The summed E-state index contributed by atoms with van der Waals surface area (Å²) >= 11 is 0. The molecule has 0 radical (unpaired) electrons. The number of rotatable bonds is 6. The minimum absolute atomic E-state index is 0.0818. The summed E-state index contributed by atoms with van der Waals surface area (Å²) in [6, 6.07) is 11.5. The largest absolute Gasteiger partial charge is 0.486 e. The highest BCUT2D eigenvalue weighted by atomic mass is 16.6. The van der Waals surface area contributed by atoms with E-state index in [0.717, 1.165) is 23.6 Å². The highest BCUT2D eigenvalue weighted by Gasteiger charge is 2.20. The normalized spacial score (nSPS) is 16.1. The second kappa shape index (κ2) is 8.94. The lowest BCUT2D eigenvalue weighted by molar-refractivity contribution is 0.0936. The second-order valence-electron chi connectivity index (χ2n) is 5.75. The highest BCUT2D eigenvalue weighted by Crippen LogP contribution is 2.30. The van der Waals surface area contributed by atoms with Gasteiger partial charge in [0, 0.05) is 18.3 Å². The molecule has 0 bridgehead atoms. The molecule has 1 aromatic carbocycles. The molecule has 2 aromatic rings. The van der Waals surface area contributed by atoms with Crippen molar-refractivity contribution in [3.05, 3.63) is 48.2 Å². The first-order chi connectivity index (χ1) is 12.8. The molecule has 0 fully saturated rings. The van der Waals surface area contributed by atoms with Crippen molar-refractivity contribution in [3.63, 3.8) is 0 Å². The standard InChI is InChI=1S/C19H24N4O3/c1-3-20-19(22-11-14-7-6-10-21-18(14)24-2)23-12-15-13-25-16-8-4-5-9-17(16)26-15/h4-10,15H,3,11-13H2,1-2H3,(H2,20,22,23). The lowest BCUT2D eigenvalue weighted by atomic mass is 10.2. The molecule has 0 amide bonds. The maximum atomic E-state index is 5.96. The van der Waals surface area contributed by atoms with Gasteiger partial charge in [0.15, 0.2) is 17.5 Å². The van der Waals surface area contributed by atoms with Crippen LogP contribution in [0.15, 0.2) is 47.6 Å². The Hall–Kier alpha value is -2.96. The fourth-order valence-electron chi connectivity index (χ4n) is 2.61. The quantitative estimate of drug-likeness (QED) is 0.609. The molecule has 0 saturated carbocycles. The van der Waals surface area contributed by atoms with Crippen LogP contribution in [0.5, 0.6) is 17.4 Å². The van der Waals surface area contributed by atoms with Gasteiger partial charge in [-0.25, -0.2) is 9.98 Å². The number of guanidine groups is 1. The van der Waals surface area contributed by atoms with Crippen LogP contribution in [-0.4, -0.2) is 43.9 Å². The van der Waals surface area contributed by atoms with Crippen LogP contribution in [0, 0.1) is 0 Å². The Labute approximate surface area is 153 Å². The van der Waals surface area contributed by atoms with Gasteiger partial charge in [-0.2, -0.15) is 0 Å². The number of fused-ring (bicyclic) bond motifs is 1. The van der Waals surface area contributed by atoms with Gasteiger partial charge >= 0.3 is 0 Å². The zero-order valence-corrected chi connectivity index (χ0v) is 15.1. The third kappa shape index (κ3) is 4.56. The summed E-state index contributed by atoms with van der Waals surface area (Å²) in [6.45, 7) is 4.35. The molecule has 3 rings (SSSR count). The number of pyridine rings is 1. The SMILES string of the molecule is CCNC(=NCc1cccnc1OC)NCC1COc2ccccc2O1. The van der Waals surface area contributed by atoms with Crippen molar-refractivity contribution in [1.82, 2.24) is 15.6 Å². The number of methoxy groups -OCH3 is 1. The molecular weight excluding hydrogens is 332 g/mol. The topological polar surface area (TPSA) is 77.0 Å². The molecule has 1 unspecified atom stereocenters. The van der Waals surface area contributed by atoms with Gasteiger partial charge in [0.1, 0.15) is 12.7 Å². The average Bonchev–Trinajstić information content (AvgIpc) is 2.70. The third-order valence-corrected chi connectivity index (χ3v) is 3.86. The number of benzene rings is 1. The molecule has 1 aliphatic heterocycles. The van der Waals surface area contributed by atoms with Gasteiger partial charge in [0.2, 0.25) is 5.88 Å². The van der Waals surface area contributed by atoms with Crippen molar-refractivity contribution in [2.75, 3.05) is 26.8 Å². The summed E-state index contributed by atoms with van der Waals surface area (Å²) in [7, 11) is 1.61. The maximum Gasteiger partial charge on any atom is 0.218 e. The maximum absolute atomic E-state index is 5.96. The van der Waals surface area contributed by atoms with Gasteiger partial charge in [0.05, 0.1) is 20.2 Å². The van der Waals surface area contributed by atoms with Crippen molar-refractivity contribution in [2.24, 2.45) is 4.99 Å². The summed E-state index contributed by atoms with van der Waals surface area (Å²) in [6.07, 6.45) is 1.62. The lowest BCUT2D eigenvalue weighted by Gasteiger charge is -2.27. The average molecular weight is 356 g/mol. The Kier molecular flexibility index (Phi) is 6.14. The van der Waals surface area contributed by atoms with Gasteiger partial charge in [-0.1, -0.05) is 18.2 Å². The molecule has 2 heterocycles. The van der Waals surface area contributed by atoms with E-state index >= 15 is 0 Å². The van der Waals surface area contributed by atoms with Crippen molar-refractivity contribution in [3.8, 4) is 17.4 Å².